The molecule has 0 saturated carbocycles. The van der Waals surface area contributed by atoms with Gasteiger partial charge in [-0.2, -0.15) is 0 Å². The van der Waals surface area contributed by atoms with Gasteiger partial charge >= 0.3 is 0 Å². The second-order valence-corrected chi connectivity index (χ2v) is 6.64. The van der Waals surface area contributed by atoms with Crippen LogP contribution >= 0.6 is 39.1 Å². The number of benzene rings is 2. The fourth-order valence-electron chi connectivity index (χ4n) is 1.89. The number of hydrogen-bond acceptors (Lipinski definition) is 2. The Morgan fingerprint density at radius 1 is 1.26 bits per heavy atom. The first kappa shape index (κ1) is 18.0. The van der Waals surface area contributed by atoms with Gasteiger partial charge in [0.1, 0.15) is 11.6 Å². The van der Waals surface area contributed by atoms with Crippen molar-refractivity contribution in [3.05, 3.63) is 56.2 Å². The van der Waals surface area contributed by atoms with Crippen molar-refractivity contribution in [2.75, 3.05) is 5.32 Å². The average molecular weight is 421 g/mol. The number of hydrogen-bond donors (Lipinski definition) is 1. The monoisotopic (exact) mass is 419 g/mol. The van der Waals surface area contributed by atoms with E-state index in [0.717, 1.165) is 16.1 Å². The van der Waals surface area contributed by atoms with Crippen LogP contribution in [0.2, 0.25) is 10.0 Å². The van der Waals surface area contributed by atoms with Crippen LogP contribution in [0.5, 0.6) is 5.75 Å². The van der Waals surface area contributed by atoms with Gasteiger partial charge in [0.05, 0.1) is 15.7 Å². The van der Waals surface area contributed by atoms with Crippen LogP contribution in [0, 0.1) is 12.7 Å². The van der Waals surface area contributed by atoms with Crippen molar-refractivity contribution in [1.29, 1.82) is 0 Å². The molecule has 0 spiro atoms. The van der Waals surface area contributed by atoms with Crippen LogP contribution in [0.15, 0.2) is 34.8 Å². The predicted molar refractivity (Wildman–Crippen MR) is 94.0 cm³/mol. The summed E-state index contributed by atoms with van der Waals surface area (Å²) in [5.74, 6) is -0.464. The molecule has 0 aliphatic heterocycles. The standard InChI is InChI=1S/C16H13BrCl2FNO2/c1-8-5-10(17)6-13(19)15(8)23-9(2)16(22)21-14-4-3-11(20)7-12(14)18/h3-7,9H,1-2H3,(H,21,22)/t9-/m1/s1. The second-order valence-electron chi connectivity index (χ2n) is 4.91. The van der Waals surface area contributed by atoms with Crippen molar-refractivity contribution in [3.8, 4) is 5.75 Å². The van der Waals surface area contributed by atoms with Crippen LogP contribution < -0.4 is 10.1 Å². The van der Waals surface area contributed by atoms with Gasteiger partial charge in [-0.3, -0.25) is 4.79 Å². The molecule has 0 radical (unpaired) electrons. The maximum absolute atomic E-state index is 13.0. The Balaban J connectivity index is 2.11. The molecular weight excluding hydrogens is 408 g/mol. The molecule has 0 aliphatic rings. The van der Waals surface area contributed by atoms with E-state index in [9.17, 15) is 9.18 Å². The maximum atomic E-state index is 13.0. The summed E-state index contributed by atoms with van der Waals surface area (Å²) in [5, 5.41) is 3.11. The van der Waals surface area contributed by atoms with Crippen LogP contribution in [-0.2, 0) is 4.79 Å². The zero-order valence-electron chi connectivity index (χ0n) is 12.3. The summed E-state index contributed by atoms with van der Waals surface area (Å²) < 4.78 is 19.5. The lowest BCUT2D eigenvalue weighted by Gasteiger charge is -2.18. The highest BCUT2D eigenvalue weighted by atomic mass is 79.9. The molecule has 23 heavy (non-hydrogen) atoms. The van der Waals surface area contributed by atoms with Gasteiger partial charge in [0.25, 0.3) is 5.91 Å². The number of rotatable bonds is 4. The number of nitrogens with one attached hydrogen (secondary N) is 1. The molecule has 1 amide bonds. The molecule has 2 aromatic carbocycles. The molecule has 1 N–H and O–H groups in total. The maximum Gasteiger partial charge on any atom is 0.265 e. The van der Waals surface area contributed by atoms with E-state index < -0.39 is 17.8 Å². The third kappa shape index (κ3) is 4.59. The SMILES string of the molecule is Cc1cc(Br)cc(Cl)c1O[C@H](C)C(=O)Nc1ccc(F)cc1Cl. The topological polar surface area (TPSA) is 38.3 Å². The molecule has 0 fully saturated rings. The van der Waals surface area contributed by atoms with Crippen LogP contribution in [0.4, 0.5) is 10.1 Å². The summed E-state index contributed by atoms with van der Waals surface area (Å²) in [6.07, 6.45) is -0.812. The van der Waals surface area contributed by atoms with E-state index in [2.05, 4.69) is 21.2 Å². The van der Waals surface area contributed by atoms with Crippen LogP contribution in [0.25, 0.3) is 0 Å². The van der Waals surface area contributed by atoms with E-state index in [1.165, 1.54) is 12.1 Å². The Morgan fingerprint density at radius 3 is 2.57 bits per heavy atom. The van der Waals surface area contributed by atoms with Gasteiger partial charge in [0.2, 0.25) is 0 Å². The van der Waals surface area contributed by atoms with Crippen molar-refractivity contribution in [2.24, 2.45) is 0 Å². The fraction of sp³-hybridized carbons (Fsp3) is 0.188. The van der Waals surface area contributed by atoms with Gasteiger partial charge in [-0.1, -0.05) is 39.1 Å². The molecular formula is C16H13BrCl2FNO2. The lowest BCUT2D eigenvalue weighted by Crippen LogP contribution is -2.30. The van der Waals surface area contributed by atoms with Gasteiger partial charge in [-0.05, 0) is 49.7 Å². The number of carbonyl (C=O) groups is 1. The summed E-state index contributed by atoms with van der Waals surface area (Å²) in [5.41, 5.74) is 1.11. The molecule has 2 aromatic rings. The molecule has 0 bridgehead atoms. The highest BCUT2D eigenvalue weighted by Gasteiger charge is 2.19. The Labute approximate surface area is 151 Å². The van der Waals surface area contributed by atoms with E-state index in [-0.39, 0.29) is 5.02 Å². The first-order valence-corrected chi connectivity index (χ1v) is 8.21. The third-order valence-electron chi connectivity index (χ3n) is 3.05. The number of anilines is 1. The minimum atomic E-state index is -0.812. The van der Waals surface area contributed by atoms with Crippen molar-refractivity contribution < 1.29 is 13.9 Å². The van der Waals surface area contributed by atoms with E-state index in [1.54, 1.807) is 13.0 Å². The molecule has 0 saturated heterocycles. The van der Waals surface area contributed by atoms with Crippen molar-refractivity contribution in [2.45, 2.75) is 20.0 Å². The first-order valence-electron chi connectivity index (χ1n) is 6.66. The third-order valence-corrected chi connectivity index (χ3v) is 4.10. The van der Waals surface area contributed by atoms with Gasteiger partial charge in [-0.25, -0.2) is 4.39 Å². The minimum Gasteiger partial charge on any atom is -0.479 e. The average Bonchev–Trinajstić information content (AvgIpc) is 2.45. The summed E-state index contributed by atoms with van der Waals surface area (Å²) in [6.45, 7) is 3.41. The zero-order chi connectivity index (χ0) is 17.1. The molecule has 2 rings (SSSR count). The number of ether oxygens (including phenoxy) is 1. The predicted octanol–water partition coefficient (Wildman–Crippen LogP) is 5.61. The zero-order valence-corrected chi connectivity index (χ0v) is 15.4. The molecule has 0 unspecified atom stereocenters. The molecule has 1 atom stereocenters. The molecule has 0 aromatic heterocycles. The van der Waals surface area contributed by atoms with Gasteiger partial charge < -0.3 is 10.1 Å². The first-order chi connectivity index (χ1) is 10.8. The molecule has 0 aliphatic carbocycles. The summed E-state index contributed by atoms with van der Waals surface area (Å²) in [4.78, 5) is 12.2. The Bertz CT molecular complexity index is 732. The smallest absolute Gasteiger partial charge is 0.265 e. The van der Waals surface area contributed by atoms with E-state index >= 15 is 0 Å². The lowest BCUT2D eigenvalue weighted by molar-refractivity contribution is -0.122. The largest absolute Gasteiger partial charge is 0.479 e. The Morgan fingerprint density at radius 2 is 1.96 bits per heavy atom. The van der Waals surface area contributed by atoms with Gasteiger partial charge in [0, 0.05) is 4.47 Å². The molecule has 0 heterocycles. The number of aryl methyl sites for hydroxylation is 1. The van der Waals surface area contributed by atoms with E-state index in [4.69, 9.17) is 27.9 Å². The van der Waals surface area contributed by atoms with Crippen molar-refractivity contribution in [1.82, 2.24) is 0 Å². The summed E-state index contributed by atoms with van der Waals surface area (Å²) >= 11 is 15.4. The lowest BCUT2D eigenvalue weighted by atomic mass is 10.2. The quantitative estimate of drug-likeness (QED) is 0.697. The van der Waals surface area contributed by atoms with E-state index in [1.807, 2.05) is 13.0 Å². The minimum absolute atomic E-state index is 0.114. The summed E-state index contributed by atoms with van der Waals surface area (Å²) in [6, 6.07) is 7.25. The highest BCUT2D eigenvalue weighted by molar-refractivity contribution is 9.10. The Kier molecular flexibility index (Phi) is 5.89. The van der Waals surface area contributed by atoms with Crippen molar-refractivity contribution in [3.63, 3.8) is 0 Å². The van der Waals surface area contributed by atoms with Gasteiger partial charge in [0.15, 0.2) is 6.10 Å². The number of carbonyl (C=O) groups excluding carboxylic acids is 1. The molecule has 122 valence electrons. The van der Waals surface area contributed by atoms with Crippen molar-refractivity contribution >= 4 is 50.7 Å². The summed E-state index contributed by atoms with van der Waals surface area (Å²) in [7, 11) is 0. The number of halogens is 4. The van der Waals surface area contributed by atoms with Gasteiger partial charge in [-0.15, -0.1) is 0 Å². The highest BCUT2D eigenvalue weighted by Crippen LogP contribution is 2.33. The normalized spacial score (nSPS) is 11.9. The fourth-order valence-corrected chi connectivity index (χ4v) is 3.12. The van der Waals surface area contributed by atoms with Crippen LogP contribution in [0.1, 0.15) is 12.5 Å². The molecule has 3 nitrogen and oxygen atoms in total. The molecule has 7 heteroatoms. The van der Waals surface area contributed by atoms with Crippen LogP contribution in [-0.4, -0.2) is 12.0 Å². The second kappa shape index (κ2) is 7.51. The van der Waals surface area contributed by atoms with Crippen LogP contribution in [0.3, 0.4) is 0 Å². The van der Waals surface area contributed by atoms with E-state index in [0.29, 0.717) is 16.5 Å². The Hall–Kier alpha value is -1.30. The number of amides is 1.